The quantitative estimate of drug-likeness (QED) is 0.662. The molecule has 1 aliphatic heterocycles. The lowest BCUT2D eigenvalue weighted by atomic mass is 9.97. The van der Waals surface area contributed by atoms with Crippen molar-refractivity contribution in [1.29, 1.82) is 0 Å². The Morgan fingerprint density at radius 1 is 1.40 bits per heavy atom. The molecule has 0 aromatic heterocycles. The molecule has 2 rings (SSSR count). The average molecular weight is 279 g/mol. The minimum absolute atomic E-state index is 0.0511. The lowest BCUT2D eigenvalue weighted by molar-refractivity contribution is -0.384. The summed E-state index contributed by atoms with van der Waals surface area (Å²) in [6.45, 7) is 3.08. The Morgan fingerprint density at radius 2 is 2.10 bits per heavy atom. The number of hydrogen-bond acceptors (Lipinski definition) is 5. The second-order valence-electron chi connectivity index (χ2n) is 5.30. The second-order valence-corrected chi connectivity index (χ2v) is 5.30. The lowest BCUT2D eigenvalue weighted by Crippen LogP contribution is -2.32. The van der Waals surface area contributed by atoms with E-state index in [2.05, 4.69) is 17.3 Å². The third-order valence-electron chi connectivity index (χ3n) is 3.77. The number of piperidine rings is 1. The van der Waals surface area contributed by atoms with Gasteiger partial charge in [0.25, 0.3) is 5.69 Å². The number of ether oxygens (including phenoxy) is 1. The van der Waals surface area contributed by atoms with Crippen LogP contribution in [-0.4, -0.2) is 43.6 Å². The predicted octanol–water partition coefficient (Wildman–Crippen LogP) is 2.36. The molecule has 1 fully saturated rings. The van der Waals surface area contributed by atoms with E-state index in [4.69, 9.17) is 4.74 Å². The number of benzene rings is 1. The van der Waals surface area contributed by atoms with Gasteiger partial charge in [0.15, 0.2) is 0 Å². The number of methoxy groups -OCH3 is 1. The molecule has 0 unspecified atom stereocenters. The van der Waals surface area contributed by atoms with Crippen LogP contribution in [0.3, 0.4) is 0 Å². The molecule has 0 atom stereocenters. The highest BCUT2D eigenvalue weighted by molar-refractivity contribution is 5.56. The Kier molecular flexibility index (Phi) is 4.79. The van der Waals surface area contributed by atoms with Gasteiger partial charge in [-0.25, -0.2) is 0 Å². The van der Waals surface area contributed by atoms with E-state index in [0.717, 1.165) is 38.2 Å². The van der Waals surface area contributed by atoms with Crippen LogP contribution in [0.1, 0.15) is 12.8 Å². The van der Waals surface area contributed by atoms with Gasteiger partial charge in [-0.2, -0.15) is 0 Å². The first-order valence-corrected chi connectivity index (χ1v) is 6.84. The van der Waals surface area contributed by atoms with Crippen molar-refractivity contribution in [3.05, 3.63) is 28.3 Å². The molecule has 0 amide bonds. The van der Waals surface area contributed by atoms with E-state index in [9.17, 15) is 10.1 Å². The van der Waals surface area contributed by atoms with Gasteiger partial charge in [-0.05, 0) is 38.9 Å². The van der Waals surface area contributed by atoms with E-state index in [1.165, 1.54) is 13.2 Å². The van der Waals surface area contributed by atoms with Crippen molar-refractivity contribution in [3.63, 3.8) is 0 Å². The summed E-state index contributed by atoms with van der Waals surface area (Å²) in [6, 6.07) is 4.78. The largest absolute Gasteiger partial charge is 0.496 e. The molecule has 1 heterocycles. The minimum atomic E-state index is -0.400. The zero-order valence-corrected chi connectivity index (χ0v) is 12.0. The molecular formula is C14H21N3O3. The summed E-state index contributed by atoms with van der Waals surface area (Å²) in [5.41, 5.74) is 0.796. The molecule has 1 N–H and O–H groups in total. The van der Waals surface area contributed by atoms with Crippen LogP contribution in [0.2, 0.25) is 0 Å². The topological polar surface area (TPSA) is 67.6 Å². The zero-order valence-electron chi connectivity index (χ0n) is 12.0. The van der Waals surface area contributed by atoms with Crippen LogP contribution >= 0.6 is 0 Å². The molecule has 1 saturated heterocycles. The number of likely N-dealkylation sites (tertiary alicyclic amines) is 1. The molecule has 1 aromatic rings. The summed E-state index contributed by atoms with van der Waals surface area (Å²) in [5, 5.41) is 14.2. The molecule has 0 aliphatic carbocycles. The summed E-state index contributed by atoms with van der Waals surface area (Å²) in [4.78, 5) is 12.8. The molecule has 0 bridgehead atoms. The van der Waals surface area contributed by atoms with Gasteiger partial charge >= 0.3 is 0 Å². The van der Waals surface area contributed by atoms with Crippen LogP contribution in [0.15, 0.2) is 18.2 Å². The van der Waals surface area contributed by atoms with Gasteiger partial charge in [0, 0.05) is 24.4 Å². The van der Waals surface area contributed by atoms with E-state index in [1.807, 2.05) is 0 Å². The van der Waals surface area contributed by atoms with Crippen LogP contribution in [0, 0.1) is 16.0 Å². The highest BCUT2D eigenvalue weighted by atomic mass is 16.6. The molecule has 1 aromatic carbocycles. The van der Waals surface area contributed by atoms with Crippen molar-refractivity contribution >= 4 is 11.4 Å². The molecule has 1 aliphatic rings. The number of rotatable bonds is 5. The SMILES string of the molecule is COc1cc(NCC2CCN(C)CC2)cc([N+](=O)[O-])c1. The molecule has 110 valence electrons. The fraction of sp³-hybridized carbons (Fsp3) is 0.571. The minimum Gasteiger partial charge on any atom is -0.496 e. The number of nitrogens with one attached hydrogen (secondary N) is 1. The Morgan fingerprint density at radius 3 is 2.70 bits per heavy atom. The number of nitro benzene ring substituents is 1. The molecule has 6 heteroatoms. The van der Waals surface area contributed by atoms with E-state index in [-0.39, 0.29) is 5.69 Å². The Hall–Kier alpha value is -1.82. The molecule has 6 nitrogen and oxygen atoms in total. The van der Waals surface area contributed by atoms with Crippen LogP contribution in [0.5, 0.6) is 5.75 Å². The number of hydrogen-bond donors (Lipinski definition) is 1. The van der Waals surface area contributed by atoms with Crippen LogP contribution in [0.4, 0.5) is 11.4 Å². The monoisotopic (exact) mass is 279 g/mol. The van der Waals surface area contributed by atoms with Crippen LogP contribution in [0.25, 0.3) is 0 Å². The van der Waals surface area contributed by atoms with Crippen molar-refractivity contribution < 1.29 is 9.66 Å². The predicted molar refractivity (Wildman–Crippen MR) is 78.4 cm³/mol. The first-order chi connectivity index (χ1) is 9.58. The first-order valence-electron chi connectivity index (χ1n) is 6.84. The third kappa shape index (κ3) is 3.84. The first kappa shape index (κ1) is 14.6. The summed E-state index contributed by atoms with van der Waals surface area (Å²) < 4.78 is 5.10. The van der Waals surface area contributed by atoms with E-state index in [1.54, 1.807) is 12.1 Å². The molecular weight excluding hydrogens is 258 g/mol. The lowest BCUT2D eigenvalue weighted by Gasteiger charge is -2.29. The maximum atomic E-state index is 10.9. The Balaban J connectivity index is 1.98. The summed E-state index contributed by atoms with van der Waals surface area (Å²) in [6.07, 6.45) is 2.32. The Bertz CT molecular complexity index is 471. The van der Waals surface area contributed by atoms with Crippen molar-refractivity contribution in [1.82, 2.24) is 4.90 Å². The number of non-ortho nitro benzene ring substituents is 1. The van der Waals surface area contributed by atoms with Crippen LogP contribution < -0.4 is 10.1 Å². The average Bonchev–Trinajstić information content (AvgIpc) is 2.46. The fourth-order valence-electron chi connectivity index (χ4n) is 2.44. The van der Waals surface area contributed by atoms with Gasteiger partial charge in [0.05, 0.1) is 18.1 Å². The van der Waals surface area contributed by atoms with Gasteiger partial charge in [0.2, 0.25) is 0 Å². The fourth-order valence-corrected chi connectivity index (χ4v) is 2.44. The molecule has 20 heavy (non-hydrogen) atoms. The van der Waals surface area contributed by atoms with Crippen LogP contribution in [-0.2, 0) is 0 Å². The molecule has 0 spiro atoms. The van der Waals surface area contributed by atoms with E-state index < -0.39 is 4.92 Å². The normalized spacial score (nSPS) is 16.9. The number of nitrogens with zero attached hydrogens (tertiary/aromatic N) is 2. The summed E-state index contributed by atoms with van der Waals surface area (Å²) in [5.74, 6) is 1.13. The van der Waals surface area contributed by atoms with Crippen molar-refractivity contribution in [2.24, 2.45) is 5.92 Å². The smallest absolute Gasteiger partial charge is 0.275 e. The third-order valence-corrected chi connectivity index (χ3v) is 3.77. The highest BCUT2D eigenvalue weighted by Crippen LogP contribution is 2.26. The second kappa shape index (κ2) is 6.56. The van der Waals surface area contributed by atoms with Gasteiger partial charge in [-0.3, -0.25) is 10.1 Å². The summed E-state index contributed by atoms with van der Waals surface area (Å²) >= 11 is 0. The standard InChI is InChI=1S/C14H21N3O3/c1-16-5-3-11(4-6-16)10-15-12-7-13(17(18)19)9-14(8-12)20-2/h7-9,11,15H,3-6,10H2,1-2H3. The van der Waals surface area contributed by atoms with Gasteiger partial charge < -0.3 is 15.0 Å². The molecule has 0 radical (unpaired) electrons. The summed E-state index contributed by atoms with van der Waals surface area (Å²) in [7, 11) is 3.65. The number of anilines is 1. The van der Waals surface area contributed by atoms with Gasteiger partial charge in [-0.15, -0.1) is 0 Å². The van der Waals surface area contributed by atoms with Gasteiger partial charge in [0.1, 0.15) is 5.75 Å². The zero-order chi connectivity index (χ0) is 14.5. The Labute approximate surface area is 118 Å². The number of nitro groups is 1. The van der Waals surface area contributed by atoms with Gasteiger partial charge in [-0.1, -0.05) is 0 Å². The highest BCUT2D eigenvalue weighted by Gasteiger charge is 2.17. The van der Waals surface area contributed by atoms with Crippen molar-refractivity contribution in [2.45, 2.75) is 12.8 Å². The maximum absolute atomic E-state index is 10.9. The van der Waals surface area contributed by atoms with Crippen molar-refractivity contribution in [3.8, 4) is 5.75 Å². The molecule has 0 saturated carbocycles. The van der Waals surface area contributed by atoms with E-state index >= 15 is 0 Å². The van der Waals surface area contributed by atoms with E-state index in [0.29, 0.717) is 11.7 Å². The van der Waals surface area contributed by atoms with Crippen molar-refractivity contribution in [2.75, 3.05) is 39.1 Å². The maximum Gasteiger partial charge on any atom is 0.275 e.